The Balaban J connectivity index is 4.72. The lowest BCUT2D eigenvalue weighted by Gasteiger charge is -2.39. The summed E-state index contributed by atoms with van der Waals surface area (Å²) in [7, 11) is 0. The number of quaternary nitrogens is 1. The van der Waals surface area contributed by atoms with Crippen LogP contribution in [0.25, 0.3) is 0 Å². The van der Waals surface area contributed by atoms with Crippen molar-refractivity contribution in [2.45, 2.75) is 233 Å². The summed E-state index contributed by atoms with van der Waals surface area (Å²) in [5, 5.41) is 0. The third kappa shape index (κ3) is 31.9. The molecular weight excluding hydrogens is 534 g/mol. The Kier molecular flexibility index (Phi) is 37.3. The van der Waals surface area contributed by atoms with Crippen LogP contribution in [-0.2, 0) is 4.74 Å². The largest absolute Gasteiger partial charge is 0.376 e. The molecule has 0 aliphatic rings. The Morgan fingerprint density at radius 2 is 0.500 bits per heavy atom. The summed E-state index contributed by atoms with van der Waals surface area (Å²) in [5.74, 6) is 0. The highest BCUT2D eigenvalue weighted by atomic mass is 16.5. The van der Waals surface area contributed by atoms with E-state index in [4.69, 9.17) is 4.74 Å². The van der Waals surface area contributed by atoms with Gasteiger partial charge in [-0.1, -0.05) is 188 Å². The molecule has 0 fully saturated rings. The average Bonchev–Trinajstić information content (AvgIpc) is 3.03. The van der Waals surface area contributed by atoms with Crippen molar-refractivity contribution in [1.29, 1.82) is 0 Å². The highest BCUT2D eigenvalue weighted by molar-refractivity contribution is 4.55. The lowest BCUT2D eigenvalue weighted by Crippen LogP contribution is -2.52. The molecular formula is C42H88NO+. The maximum absolute atomic E-state index is 6.21. The fourth-order valence-corrected chi connectivity index (χ4v) is 7.08. The second-order valence-corrected chi connectivity index (χ2v) is 14.7. The molecule has 0 amide bonds. The summed E-state index contributed by atoms with van der Waals surface area (Å²) in [6, 6.07) is 0. The Labute approximate surface area is 281 Å². The number of ether oxygens (including phenoxy) is 1. The van der Waals surface area contributed by atoms with Crippen molar-refractivity contribution in [3.8, 4) is 0 Å². The summed E-state index contributed by atoms with van der Waals surface area (Å²) in [6.45, 7) is 16.7. The van der Waals surface area contributed by atoms with Gasteiger partial charge in [-0.25, -0.2) is 0 Å². The van der Waals surface area contributed by atoms with E-state index in [0.29, 0.717) is 0 Å². The van der Waals surface area contributed by atoms with Gasteiger partial charge in [0.05, 0.1) is 26.2 Å². The highest BCUT2D eigenvalue weighted by Gasteiger charge is 2.26. The van der Waals surface area contributed by atoms with E-state index in [-0.39, 0.29) is 0 Å². The predicted octanol–water partition coefficient (Wildman–Crippen LogP) is 14.4. The third-order valence-electron chi connectivity index (χ3n) is 10.3. The van der Waals surface area contributed by atoms with Crippen LogP contribution in [-0.4, -0.2) is 43.9 Å². The standard InChI is InChI=1S/C42H88NO/c1-5-9-13-16-19-22-25-28-31-34-37-43(40-42-44-41-12-8-4,38-35-32-29-26-23-20-17-14-10-6-2)39-36-33-30-27-24-21-18-15-11-7-3/h5-42H2,1-4H3/q+1. The van der Waals surface area contributed by atoms with Crippen molar-refractivity contribution in [2.24, 2.45) is 0 Å². The lowest BCUT2D eigenvalue weighted by atomic mass is 10.0. The van der Waals surface area contributed by atoms with Gasteiger partial charge in [0.15, 0.2) is 0 Å². The molecule has 0 unspecified atom stereocenters. The second kappa shape index (κ2) is 37.4. The van der Waals surface area contributed by atoms with E-state index in [1.165, 1.54) is 236 Å². The van der Waals surface area contributed by atoms with Crippen LogP contribution in [0.5, 0.6) is 0 Å². The van der Waals surface area contributed by atoms with Gasteiger partial charge >= 0.3 is 0 Å². The second-order valence-electron chi connectivity index (χ2n) is 14.7. The molecule has 0 aliphatic carbocycles. The van der Waals surface area contributed by atoms with Crippen LogP contribution in [0.4, 0.5) is 0 Å². The Bertz CT molecular complexity index is 446. The van der Waals surface area contributed by atoms with Gasteiger partial charge in [0.2, 0.25) is 0 Å². The van der Waals surface area contributed by atoms with Crippen molar-refractivity contribution < 1.29 is 9.22 Å². The van der Waals surface area contributed by atoms with Gasteiger partial charge in [-0.3, -0.25) is 0 Å². The Morgan fingerprint density at radius 3 is 0.773 bits per heavy atom. The van der Waals surface area contributed by atoms with E-state index in [1.54, 1.807) is 0 Å². The lowest BCUT2D eigenvalue weighted by molar-refractivity contribution is -0.929. The molecule has 0 spiro atoms. The van der Waals surface area contributed by atoms with Crippen LogP contribution in [0.2, 0.25) is 0 Å². The molecule has 0 aliphatic heterocycles. The van der Waals surface area contributed by atoms with Crippen molar-refractivity contribution >= 4 is 0 Å². The quantitative estimate of drug-likeness (QED) is 0.0489. The van der Waals surface area contributed by atoms with E-state index < -0.39 is 0 Å². The van der Waals surface area contributed by atoms with Gasteiger partial charge in [-0.2, -0.15) is 0 Å². The zero-order chi connectivity index (χ0) is 32.1. The molecule has 0 saturated carbocycles. The molecule has 44 heavy (non-hydrogen) atoms. The number of nitrogens with zero attached hydrogens (tertiary/aromatic N) is 1. The Morgan fingerprint density at radius 1 is 0.250 bits per heavy atom. The SMILES string of the molecule is CCCCCCCCCCCC[N+](CCCCCCCCCCCC)(CCCCCCCCCCCC)CCOCCCC. The van der Waals surface area contributed by atoms with Crippen molar-refractivity contribution in [2.75, 3.05) is 39.4 Å². The molecule has 0 rings (SSSR count). The summed E-state index contributed by atoms with van der Waals surface area (Å²) in [6.07, 6.45) is 45.8. The topological polar surface area (TPSA) is 9.23 Å². The summed E-state index contributed by atoms with van der Waals surface area (Å²) >= 11 is 0. The van der Waals surface area contributed by atoms with Gasteiger partial charge in [0.1, 0.15) is 6.54 Å². The molecule has 2 nitrogen and oxygen atoms in total. The van der Waals surface area contributed by atoms with Crippen LogP contribution in [0.15, 0.2) is 0 Å². The minimum Gasteiger partial charge on any atom is -0.376 e. The maximum atomic E-state index is 6.21. The van der Waals surface area contributed by atoms with E-state index in [2.05, 4.69) is 27.7 Å². The minimum absolute atomic E-state index is 0.964. The van der Waals surface area contributed by atoms with Crippen molar-refractivity contribution in [1.82, 2.24) is 0 Å². The summed E-state index contributed by atoms with van der Waals surface area (Å²) in [4.78, 5) is 0. The predicted molar refractivity (Wildman–Crippen MR) is 201 cm³/mol. The molecule has 0 bridgehead atoms. The summed E-state index contributed by atoms with van der Waals surface area (Å²) in [5.41, 5.74) is 0. The van der Waals surface area contributed by atoms with Gasteiger partial charge in [-0.15, -0.1) is 0 Å². The van der Waals surface area contributed by atoms with E-state index >= 15 is 0 Å². The number of rotatable bonds is 39. The first-order valence-electron chi connectivity index (χ1n) is 21.2. The molecule has 0 N–H and O–H groups in total. The zero-order valence-corrected chi connectivity index (χ0v) is 31.7. The van der Waals surface area contributed by atoms with Crippen LogP contribution in [0, 0.1) is 0 Å². The third-order valence-corrected chi connectivity index (χ3v) is 10.3. The van der Waals surface area contributed by atoms with E-state index in [0.717, 1.165) is 13.2 Å². The molecule has 2 heteroatoms. The minimum atomic E-state index is 0.964. The fourth-order valence-electron chi connectivity index (χ4n) is 7.08. The first-order valence-corrected chi connectivity index (χ1v) is 21.2. The van der Waals surface area contributed by atoms with Crippen LogP contribution < -0.4 is 0 Å². The smallest absolute Gasteiger partial charge is 0.102 e. The normalized spacial score (nSPS) is 12.0. The number of unbranched alkanes of at least 4 members (excludes halogenated alkanes) is 28. The van der Waals surface area contributed by atoms with Gasteiger partial charge < -0.3 is 9.22 Å². The van der Waals surface area contributed by atoms with Gasteiger partial charge in [-0.05, 0) is 44.9 Å². The highest BCUT2D eigenvalue weighted by Crippen LogP contribution is 2.20. The molecule has 266 valence electrons. The van der Waals surface area contributed by atoms with Gasteiger partial charge in [0.25, 0.3) is 0 Å². The molecule has 0 aromatic rings. The molecule has 0 atom stereocenters. The first-order chi connectivity index (χ1) is 21.7. The average molecular weight is 623 g/mol. The van der Waals surface area contributed by atoms with Crippen LogP contribution in [0.1, 0.15) is 233 Å². The summed E-state index contributed by atoms with van der Waals surface area (Å²) < 4.78 is 7.57. The van der Waals surface area contributed by atoms with Crippen LogP contribution >= 0.6 is 0 Å². The molecule has 0 radical (unpaired) electrons. The van der Waals surface area contributed by atoms with Gasteiger partial charge in [0, 0.05) is 6.61 Å². The fraction of sp³-hybridized carbons (Fsp3) is 1.00. The van der Waals surface area contributed by atoms with Crippen molar-refractivity contribution in [3.05, 3.63) is 0 Å². The maximum Gasteiger partial charge on any atom is 0.102 e. The first kappa shape index (κ1) is 43.9. The molecule has 0 heterocycles. The molecule has 0 aromatic carbocycles. The zero-order valence-electron chi connectivity index (χ0n) is 31.7. The van der Waals surface area contributed by atoms with E-state index in [1.807, 2.05) is 0 Å². The van der Waals surface area contributed by atoms with Crippen molar-refractivity contribution in [3.63, 3.8) is 0 Å². The van der Waals surface area contributed by atoms with Crippen LogP contribution in [0.3, 0.4) is 0 Å². The number of hydrogen-bond donors (Lipinski definition) is 0. The monoisotopic (exact) mass is 623 g/mol. The molecule has 0 aromatic heterocycles. The number of hydrogen-bond acceptors (Lipinski definition) is 1. The Hall–Kier alpha value is -0.0800. The van der Waals surface area contributed by atoms with E-state index in [9.17, 15) is 0 Å². The molecule has 0 saturated heterocycles.